The molecule has 1 aliphatic rings. The molecule has 8 nitrogen and oxygen atoms in total. The topological polar surface area (TPSA) is 102 Å². The van der Waals surface area contributed by atoms with Crippen LogP contribution in [-0.4, -0.2) is 52.9 Å². The summed E-state index contributed by atoms with van der Waals surface area (Å²) >= 11 is 0. The van der Waals surface area contributed by atoms with E-state index in [1.54, 1.807) is 0 Å². The number of nitrogens with one attached hydrogen (secondary N) is 4. The average molecular weight is 499 g/mol. The Kier molecular flexibility index (Phi) is 7.65. The number of hydrogen-bond donors (Lipinski definition) is 4. The molecule has 0 unspecified atom stereocenters. The zero-order valence-corrected chi connectivity index (χ0v) is 21.2. The van der Waals surface area contributed by atoms with Gasteiger partial charge in [-0.25, -0.2) is 4.98 Å². The highest BCUT2D eigenvalue weighted by molar-refractivity contribution is 6.00. The molecule has 0 bridgehead atoms. The highest BCUT2D eigenvalue weighted by Gasteiger charge is 2.20. The van der Waals surface area contributed by atoms with Crippen LogP contribution in [-0.2, 0) is 16.1 Å². The van der Waals surface area contributed by atoms with Crippen LogP contribution in [0.15, 0.2) is 60.7 Å². The van der Waals surface area contributed by atoms with Gasteiger partial charge in [0.2, 0.25) is 17.8 Å². The van der Waals surface area contributed by atoms with E-state index in [0.29, 0.717) is 24.1 Å². The summed E-state index contributed by atoms with van der Waals surface area (Å²) in [5.74, 6) is 1.00. The fourth-order valence-electron chi connectivity index (χ4n) is 5.04. The Balaban J connectivity index is 1.12. The number of rotatable bonds is 9. The van der Waals surface area contributed by atoms with Crippen LogP contribution in [0.5, 0.6) is 0 Å². The van der Waals surface area contributed by atoms with E-state index in [1.165, 1.54) is 23.3 Å². The second-order valence-corrected chi connectivity index (χ2v) is 9.81. The number of likely N-dealkylation sites (tertiary alicyclic amines) is 1. The molecule has 0 aliphatic carbocycles. The van der Waals surface area contributed by atoms with E-state index in [9.17, 15) is 9.59 Å². The number of anilines is 2. The minimum Gasteiger partial charge on any atom is -0.356 e. The summed E-state index contributed by atoms with van der Waals surface area (Å²) in [6, 6.07) is 20.9. The van der Waals surface area contributed by atoms with Gasteiger partial charge >= 0.3 is 0 Å². The Bertz CT molecular complexity index is 1380. The molecular formula is C29H34N6O2. The minimum atomic E-state index is -0.158. The maximum absolute atomic E-state index is 12.3. The van der Waals surface area contributed by atoms with Crippen molar-refractivity contribution in [1.29, 1.82) is 0 Å². The third-order valence-corrected chi connectivity index (χ3v) is 7.05. The van der Waals surface area contributed by atoms with E-state index in [1.807, 2.05) is 18.2 Å². The molecule has 0 radical (unpaired) electrons. The molecule has 1 aliphatic heterocycles. The van der Waals surface area contributed by atoms with E-state index >= 15 is 0 Å². The van der Waals surface area contributed by atoms with Crippen LogP contribution in [0.3, 0.4) is 0 Å². The lowest BCUT2D eigenvalue weighted by Crippen LogP contribution is -2.35. The van der Waals surface area contributed by atoms with Crippen molar-refractivity contribution in [3.63, 3.8) is 0 Å². The second kappa shape index (κ2) is 11.4. The summed E-state index contributed by atoms with van der Waals surface area (Å²) in [5, 5.41) is 11.7. The van der Waals surface area contributed by atoms with Crippen LogP contribution in [0.1, 0.15) is 31.7 Å². The zero-order chi connectivity index (χ0) is 25.6. The summed E-state index contributed by atoms with van der Waals surface area (Å²) in [6.45, 7) is 5.78. The number of aromatic amines is 1. The molecule has 192 valence electrons. The summed E-state index contributed by atoms with van der Waals surface area (Å²) in [4.78, 5) is 33.8. The molecule has 37 heavy (non-hydrogen) atoms. The largest absolute Gasteiger partial charge is 0.356 e. The van der Waals surface area contributed by atoms with Crippen molar-refractivity contribution >= 4 is 45.3 Å². The van der Waals surface area contributed by atoms with Gasteiger partial charge in [0.25, 0.3) is 0 Å². The van der Waals surface area contributed by atoms with Crippen LogP contribution in [0.25, 0.3) is 21.8 Å². The lowest BCUT2D eigenvalue weighted by atomic mass is 9.96. The molecule has 1 fully saturated rings. The van der Waals surface area contributed by atoms with Crippen LogP contribution in [0, 0.1) is 5.92 Å². The Morgan fingerprint density at radius 1 is 1.03 bits per heavy atom. The molecule has 4 N–H and O–H groups in total. The summed E-state index contributed by atoms with van der Waals surface area (Å²) in [7, 11) is 0. The highest BCUT2D eigenvalue weighted by Crippen LogP contribution is 2.26. The van der Waals surface area contributed by atoms with Crippen LogP contribution in [0.2, 0.25) is 0 Å². The van der Waals surface area contributed by atoms with Gasteiger partial charge in [0.05, 0.1) is 11.2 Å². The monoisotopic (exact) mass is 498 g/mol. The molecule has 0 atom stereocenters. The highest BCUT2D eigenvalue weighted by atomic mass is 16.2. The van der Waals surface area contributed by atoms with E-state index in [2.05, 4.69) is 68.3 Å². The zero-order valence-electron chi connectivity index (χ0n) is 21.2. The fraction of sp³-hybridized carbons (Fsp3) is 0.345. The number of para-hydroxylation sites is 1. The second-order valence-electron chi connectivity index (χ2n) is 9.81. The van der Waals surface area contributed by atoms with Crippen LogP contribution in [0.4, 0.5) is 11.6 Å². The maximum atomic E-state index is 12.3. The van der Waals surface area contributed by atoms with Gasteiger partial charge in [-0.15, -0.1) is 0 Å². The first-order valence-electron chi connectivity index (χ1n) is 13.0. The molecule has 2 amide bonds. The van der Waals surface area contributed by atoms with E-state index < -0.39 is 0 Å². The minimum absolute atomic E-state index is 0.145. The number of H-pyrrole nitrogens is 1. The Morgan fingerprint density at radius 3 is 2.65 bits per heavy atom. The molecule has 0 saturated carbocycles. The van der Waals surface area contributed by atoms with Gasteiger partial charge < -0.3 is 20.9 Å². The standard InChI is InChI=1S/C29H34N6O2/c1-20(36)30-15-12-27(37)32-25-10-5-11-26-28(25)34-29(33-26)31-18-21-13-16-35(17-14-21)19-23-8-4-7-22-6-2-3-9-24(22)23/h2-11,21H,12-19H2,1H3,(H,30,36)(H,32,37)(H2,31,33,34). The first-order chi connectivity index (χ1) is 18.0. The first kappa shape index (κ1) is 24.8. The Labute approximate surface area is 216 Å². The van der Waals surface area contributed by atoms with Gasteiger partial charge in [-0.1, -0.05) is 48.5 Å². The van der Waals surface area contributed by atoms with Crippen molar-refractivity contribution in [3.8, 4) is 0 Å². The van der Waals surface area contributed by atoms with E-state index in [4.69, 9.17) is 4.98 Å². The number of imidazole rings is 1. The molecule has 4 aromatic rings. The number of benzene rings is 3. The van der Waals surface area contributed by atoms with Crippen molar-refractivity contribution in [2.75, 3.05) is 36.8 Å². The summed E-state index contributed by atoms with van der Waals surface area (Å²) in [6.07, 6.45) is 2.51. The Morgan fingerprint density at radius 2 is 1.81 bits per heavy atom. The molecule has 2 heterocycles. The van der Waals surface area contributed by atoms with Crippen molar-refractivity contribution in [3.05, 3.63) is 66.2 Å². The third kappa shape index (κ3) is 6.27. The van der Waals surface area contributed by atoms with Gasteiger partial charge in [0.1, 0.15) is 5.52 Å². The van der Waals surface area contributed by atoms with Crippen molar-refractivity contribution in [2.45, 2.75) is 32.7 Å². The summed E-state index contributed by atoms with van der Waals surface area (Å²) < 4.78 is 0. The number of aromatic nitrogens is 2. The number of carbonyl (C=O) groups excluding carboxylic acids is 2. The molecular weight excluding hydrogens is 464 g/mol. The quantitative estimate of drug-likeness (QED) is 0.272. The number of hydrogen-bond acceptors (Lipinski definition) is 5. The number of amides is 2. The van der Waals surface area contributed by atoms with Gasteiger partial charge in [-0.3, -0.25) is 14.5 Å². The van der Waals surface area contributed by atoms with Crippen LogP contribution < -0.4 is 16.0 Å². The van der Waals surface area contributed by atoms with E-state index in [0.717, 1.165) is 50.1 Å². The molecule has 0 spiro atoms. The van der Waals surface area contributed by atoms with Gasteiger partial charge in [0, 0.05) is 33.0 Å². The van der Waals surface area contributed by atoms with Crippen molar-refractivity contribution in [2.24, 2.45) is 5.92 Å². The number of carbonyl (C=O) groups is 2. The predicted octanol–water partition coefficient (Wildman–Crippen LogP) is 4.50. The lowest BCUT2D eigenvalue weighted by Gasteiger charge is -2.32. The molecule has 5 rings (SSSR count). The molecule has 8 heteroatoms. The van der Waals surface area contributed by atoms with Crippen molar-refractivity contribution < 1.29 is 9.59 Å². The first-order valence-corrected chi connectivity index (χ1v) is 13.0. The SMILES string of the molecule is CC(=O)NCCC(=O)Nc1cccc2[nH]c(NCC3CCN(Cc4cccc5ccccc45)CC3)nc12. The third-order valence-electron chi connectivity index (χ3n) is 7.05. The van der Waals surface area contributed by atoms with Crippen molar-refractivity contribution in [1.82, 2.24) is 20.2 Å². The number of nitrogens with zero attached hydrogens (tertiary/aromatic N) is 2. The van der Waals surface area contributed by atoms with Gasteiger partial charge in [-0.05, 0) is 60.3 Å². The Hall–Kier alpha value is -3.91. The van der Waals surface area contributed by atoms with Gasteiger partial charge in [0.15, 0.2) is 0 Å². The molecule has 3 aromatic carbocycles. The van der Waals surface area contributed by atoms with E-state index in [-0.39, 0.29) is 18.2 Å². The van der Waals surface area contributed by atoms with Gasteiger partial charge in [-0.2, -0.15) is 0 Å². The predicted molar refractivity (Wildman–Crippen MR) is 148 cm³/mol. The normalized spacial score (nSPS) is 14.6. The number of piperidine rings is 1. The molecule has 1 saturated heterocycles. The number of fused-ring (bicyclic) bond motifs is 2. The fourth-order valence-corrected chi connectivity index (χ4v) is 5.04. The van der Waals surface area contributed by atoms with Crippen LogP contribution >= 0.6 is 0 Å². The average Bonchev–Trinajstić information content (AvgIpc) is 3.33. The lowest BCUT2D eigenvalue weighted by molar-refractivity contribution is -0.119. The maximum Gasteiger partial charge on any atom is 0.226 e. The molecule has 1 aromatic heterocycles. The summed E-state index contributed by atoms with van der Waals surface area (Å²) in [5.41, 5.74) is 3.65. The smallest absolute Gasteiger partial charge is 0.226 e.